The molecule has 1 atom stereocenters. The lowest BCUT2D eigenvalue weighted by Gasteiger charge is -2.16. The van der Waals surface area contributed by atoms with Gasteiger partial charge >= 0.3 is 0 Å². The molecule has 0 aliphatic rings. The lowest BCUT2D eigenvalue weighted by Crippen LogP contribution is -2.14. The molecule has 1 unspecified atom stereocenters. The van der Waals surface area contributed by atoms with Crippen LogP contribution in [0.1, 0.15) is 162 Å². The van der Waals surface area contributed by atoms with E-state index < -0.39 is 0 Å². The third-order valence-electron chi connectivity index (χ3n) is 7.92. The quantitative estimate of drug-likeness (QED) is 0.0312. The van der Waals surface area contributed by atoms with Crippen molar-refractivity contribution in [1.82, 2.24) is 4.90 Å². The van der Waals surface area contributed by atoms with Crippen molar-refractivity contribution < 1.29 is 4.79 Å². The molecule has 0 bridgehead atoms. The Hall–Kier alpha value is -1.80. The number of hydrogen-bond donors (Lipinski definition) is 0. The second kappa shape index (κ2) is 37.7. The highest BCUT2D eigenvalue weighted by Gasteiger charge is 2.14. The number of rotatable bonds is 32. The van der Waals surface area contributed by atoms with Crippen LogP contribution in [0.2, 0.25) is 0 Å². The fourth-order valence-electron chi connectivity index (χ4n) is 5.10. The van der Waals surface area contributed by atoms with Gasteiger partial charge in [-0.3, -0.25) is 4.79 Å². The van der Waals surface area contributed by atoms with Gasteiger partial charge in [-0.15, -0.1) is 5.73 Å². The smallest absolute Gasteiger partial charge is 0.189 e. The first-order valence-electron chi connectivity index (χ1n) is 19.1. The predicted molar refractivity (Wildman–Crippen MR) is 211 cm³/mol. The van der Waals surface area contributed by atoms with Crippen molar-refractivity contribution in [2.45, 2.75) is 167 Å². The summed E-state index contributed by atoms with van der Waals surface area (Å²) in [6.07, 6.45) is 54.0. The Morgan fingerprint density at radius 1 is 0.587 bits per heavy atom. The summed E-state index contributed by atoms with van der Waals surface area (Å²) in [6.45, 7) is 5.49. The Balaban J connectivity index is 4.22. The number of thioether (sulfide) groups is 1. The minimum absolute atomic E-state index is 0.388. The summed E-state index contributed by atoms with van der Waals surface area (Å²) in [7, 11) is 4.16. The molecule has 0 amide bonds. The van der Waals surface area contributed by atoms with Gasteiger partial charge in [0.15, 0.2) is 5.12 Å². The van der Waals surface area contributed by atoms with Crippen LogP contribution in [0.3, 0.4) is 0 Å². The molecule has 0 aromatic carbocycles. The maximum absolute atomic E-state index is 12.7. The zero-order valence-corrected chi connectivity index (χ0v) is 31.6. The first-order chi connectivity index (χ1) is 22.6. The van der Waals surface area contributed by atoms with Crippen LogP contribution in [0.4, 0.5) is 0 Å². The highest BCUT2D eigenvalue weighted by Crippen LogP contribution is 2.26. The Labute approximate surface area is 291 Å². The molecule has 0 saturated carbocycles. The van der Waals surface area contributed by atoms with Crippen molar-refractivity contribution in [2.75, 3.05) is 20.6 Å². The van der Waals surface area contributed by atoms with E-state index in [2.05, 4.69) is 111 Å². The van der Waals surface area contributed by atoms with E-state index in [-0.39, 0.29) is 0 Å². The molecule has 0 N–H and O–H groups in total. The first-order valence-corrected chi connectivity index (χ1v) is 20.0. The van der Waals surface area contributed by atoms with Gasteiger partial charge in [0.2, 0.25) is 0 Å². The van der Waals surface area contributed by atoms with Gasteiger partial charge in [-0.25, -0.2) is 0 Å². The van der Waals surface area contributed by atoms with E-state index in [1.54, 1.807) is 11.8 Å². The van der Waals surface area contributed by atoms with Crippen LogP contribution in [-0.2, 0) is 4.79 Å². The van der Waals surface area contributed by atoms with Gasteiger partial charge in [0.25, 0.3) is 0 Å². The summed E-state index contributed by atoms with van der Waals surface area (Å²) >= 11 is 1.64. The van der Waals surface area contributed by atoms with Crippen LogP contribution in [0.15, 0.2) is 78.6 Å². The topological polar surface area (TPSA) is 20.3 Å². The molecule has 0 aromatic heterocycles. The number of unbranched alkanes of at least 4 members (excludes halogenated alkanes) is 12. The molecular weight excluding hydrogens is 579 g/mol. The van der Waals surface area contributed by atoms with Gasteiger partial charge in [0, 0.05) is 11.7 Å². The lowest BCUT2D eigenvalue weighted by atomic mass is 10.0. The highest BCUT2D eigenvalue weighted by atomic mass is 32.2. The van der Waals surface area contributed by atoms with Crippen LogP contribution < -0.4 is 0 Å². The standard InChI is InChI=1S/C43H73NOS/c1-5-7-9-11-13-15-17-19-21-23-25-27-29-31-33-35-38-42(46-43(45)40-37-41-44(3)4)39-36-34-32-30-28-26-24-22-20-18-16-14-12-10-8-6-2/h13-16,19-21,23-25,29,31,42H,5-12,17-18,26-28,30,32-41H2,1-4H3/b15-13-,16-14-,21-19-,25-23+,31-29+. The Morgan fingerprint density at radius 3 is 1.76 bits per heavy atom. The second-order valence-corrected chi connectivity index (χ2v) is 14.2. The normalized spacial score (nSPS) is 12.9. The molecule has 0 aliphatic carbocycles. The van der Waals surface area contributed by atoms with E-state index in [9.17, 15) is 4.79 Å². The SMILES string of the molecule is CCCCC/C=C\CC=C=CCCCCCCCC(CCC/C=C/C/C=C/C=C\C/C=C\CCCCC)SC(=O)CCCN(C)C. The summed E-state index contributed by atoms with van der Waals surface area (Å²) in [4.78, 5) is 14.8. The molecule has 262 valence electrons. The second-order valence-electron chi connectivity index (χ2n) is 12.8. The summed E-state index contributed by atoms with van der Waals surface area (Å²) in [5.74, 6) is 0. The minimum Gasteiger partial charge on any atom is -0.309 e. The largest absolute Gasteiger partial charge is 0.309 e. The molecule has 46 heavy (non-hydrogen) atoms. The Bertz CT molecular complexity index is 871. The van der Waals surface area contributed by atoms with E-state index in [0.717, 1.165) is 51.5 Å². The molecule has 0 fully saturated rings. The van der Waals surface area contributed by atoms with Gasteiger partial charge in [-0.05, 0) is 123 Å². The molecule has 0 spiro atoms. The van der Waals surface area contributed by atoms with E-state index >= 15 is 0 Å². The van der Waals surface area contributed by atoms with Gasteiger partial charge in [0.05, 0.1) is 0 Å². The zero-order chi connectivity index (χ0) is 33.6. The van der Waals surface area contributed by atoms with Gasteiger partial charge in [0.1, 0.15) is 0 Å². The third-order valence-corrected chi connectivity index (χ3v) is 9.19. The fourth-order valence-corrected chi connectivity index (χ4v) is 6.30. The number of nitrogens with zero attached hydrogens (tertiary/aromatic N) is 1. The van der Waals surface area contributed by atoms with Gasteiger partial charge < -0.3 is 4.90 Å². The van der Waals surface area contributed by atoms with E-state index in [4.69, 9.17) is 0 Å². The van der Waals surface area contributed by atoms with Crippen molar-refractivity contribution in [3.8, 4) is 0 Å². The number of carbonyl (C=O) groups excluding carboxylic acids is 1. The average molecular weight is 652 g/mol. The molecule has 0 rings (SSSR count). The Kier molecular flexibility index (Phi) is 36.2. The van der Waals surface area contributed by atoms with Crippen LogP contribution in [0.25, 0.3) is 0 Å². The molecule has 0 heterocycles. The van der Waals surface area contributed by atoms with Crippen LogP contribution in [-0.4, -0.2) is 35.9 Å². The first kappa shape index (κ1) is 44.2. The maximum atomic E-state index is 12.7. The van der Waals surface area contributed by atoms with Gasteiger partial charge in [-0.2, -0.15) is 0 Å². The van der Waals surface area contributed by atoms with Crippen LogP contribution in [0.5, 0.6) is 0 Å². The molecule has 0 radical (unpaired) electrons. The van der Waals surface area contributed by atoms with Crippen molar-refractivity contribution in [3.63, 3.8) is 0 Å². The molecular formula is C43H73NOS. The minimum atomic E-state index is 0.388. The summed E-state index contributed by atoms with van der Waals surface area (Å²) in [6, 6.07) is 0. The average Bonchev–Trinajstić information content (AvgIpc) is 3.04. The van der Waals surface area contributed by atoms with Crippen LogP contribution in [0, 0.1) is 0 Å². The predicted octanol–water partition coefficient (Wildman–Crippen LogP) is 13.7. The molecule has 0 aliphatic heterocycles. The lowest BCUT2D eigenvalue weighted by molar-refractivity contribution is -0.111. The summed E-state index contributed by atoms with van der Waals surface area (Å²) < 4.78 is 0. The molecule has 2 nitrogen and oxygen atoms in total. The number of allylic oxidation sites excluding steroid dienone is 11. The van der Waals surface area contributed by atoms with Crippen molar-refractivity contribution >= 4 is 16.9 Å². The monoisotopic (exact) mass is 652 g/mol. The number of carbonyl (C=O) groups is 1. The van der Waals surface area contributed by atoms with Crippen LogP contribution >= 0.6 is 11.8 Å². The Morgan fingerprint density at radius 2 is 1.13 bits per heavy atom. The van der Waals surface area contributed by atoms with E-state index in [0.29, 0.717) is 16.8 Å². The summed E-state index contributed by atoms with van der Waals surface area (Å²) in [5, 5.41) is 0.860. The van der Waals surface area contributed by atoms with E-state index in [1.165, 1.54) is 96.3 Å². The van der Waals surface area contributed by atoms with Gasteiger partial charge in [-0.1, -0.05) is 138 Å². The number of hydrogen-bond acceptors (Lipinski definition) is 3. The zero-order valence-electron chi connectivity index (χ0n) is 30.7. The molecule has 0 aromatic rings. The molecule has 0 saturated heterocycles. The van der Waals surface area contributed by atoms with Crippen molar-refractivity contribution in [2.24, 2.45) is 0 Å². The highest BCUT2D eigenvalue weighted by molar-refractivity contribution is 8.14. The summed E-state index contributed by atoms with van der Waals surface area (Å²) in [5.41, 5.74) is 3.35. The van der Waals surface area contributed by atoms with Crippen molar-refractivity contribution in [3.05, 3.63) is 78.6 Å². The fraction of sp³-hybridized carbons (Fsp3) is 0.674. The maximum Gasteiger partial charge on any atom is 0.189 e. The van der Waals surface area contributed by atoms with E-state index in [1.807, 2.05) is 0 Å². The third kappa shape index (κ3) is 36.7. The molecule has 3 heteroatoms. The van der Waals surface area contributed by atoms with Crippen molar-refractivity contribution in [1.29, 1.82) is 0 Å².